The van der Waals surface area contributed by atoms with Crippen molar-refractivity contribution in [1.82, 2.24) is 9.80 Å². The van der Waals surface area contributed by atoms with Gasteiger partial charge in [0.25, 0.3) is 0 Å². The monoisotopic (exact) mass is 256 g/mol. The fourth-order valence-electron chi connectivity index (χ4n) is 1.64. The Bertz CT molecular complexity index is 278. The molecule has 1 amide bonds. The lowest BCUT2D eigenvalue weighted by atomic mass is 10.4. The highest BCUT2D eigenvalue weighted by Gasteiger charge is 2.14. The van der Waals surface area contributed by atoms with Crippen molar-refractivity contribution in [2.75, 3.05) is 59.2 Å². The maximum atomic E-state index is 10.2. The molecular weight excluding hydrogens is 236 g/mol. The highest BCUT2D eigenvalue weighted by atomic mass is 16.5. The van der Waals surface area contributed by atoms with E-state index in [2.05, 4.69) is 10.8 Å². The van der Waals surface area contributed by atoms with Gasteiger partial charge in [-0.1, -0.05) is 5.92 Å². The molecule has 2 heterocycles. The largest absolute Gasteiger partial charge is 0.465 e. The standard InChI is InChI=1S/C7H11NO.C5H9NO3/c1-2-3-8-4-6-9-7-5-8;7-5(8)6-1-3-9-4-2-6/h1H,3-7H2;1-4H2,(H,7,8). The van der Waals surface area contributed by atoms with Crippen molar-refractivity contribution in [3.8, 4) is 12.3 Å². The smallest absolute Gasteiger partial charge is 0.407 e. The minimum atomic E-state index is -0.849. The molecule has 0 aromatic rings. The molecule has 1 N–H and O–H groups in total. The predicted molar refractivity (Wildman–Crippen MR) is 66.5 cm³/mol. The second-order valence-electron chi connectivity index (χ2n) is 3.97. The predicted octanol–water partition coefficient (Wildman–Crippen LogP) is -0.0516. The van der Waals surface area contributed by atoms with E-state index in [9.17, 15) is 4.79 Å². The molecule has 0 saturated carbocycles. The molecule has 2 saturated heterocycles. The zero-order valence-electron chi connectivity index (χ0n) is 10.5. The van der Waals surface area contributed by atoms with Crippen LogP contribution in [0.5, 0.6) is 0 Å². The molecule has 2 fully saturated rings. The van der Waals surface area contributed by atoms with E-state index in [1.54, 1.807) is 0 Å². The summed E-state index contributed by atoms with van der Waals surface area (Å²) >= 11 is 0. The number of hydrogen-bond acceptors (Lipinski definition) is 4. The minimum absolute atomic E-state index is 0.509. The van der Waals surface area contributed by atoms with Gasteiger partial charge in [0.05, 0.1) is 33.0 Å². The van der Waals surface area contributed by atoms with Gasteiger partial charge in [-0.25, -0.2) is 4.79 Å². The fourth-order valence-corrected chi connectivity index (χ4v) is 1.64. The van der Waals surface area contributed by atoms with Gasteiger partial charge < -0.3 is 19.5 Å². The Kier molecular flexibility index (Phi) is 7.18. The Balaban J connectivity index is 0.000000180. The lowest BCUT2D eigenvalue weighted by Crippen LogP contribution is -2.39. The molecule has 2 aliphatic heterocycles. The Hall–Kier alpha value is -1.29. The molecule has 0 unspecified atom stereocenters. The van der Waals surface area contributed by atoms with E-state index in [1.807, 2.05) is 0 Å². The van der Waals surface area contributed by atoms with E-state index in [1.165, 1.54) is 4.90 Å². The first-order valence-electron chi connectivity index (χ1n) is 6.03. The van der Waals surface area contributed by atoms with Crippen LogP contribution in [0.4, 0.5) is 4.79 Å². The highest BCUT2D eigenvalue weighted by Crippen LogP contribution is 1.95. The van der Waals surface area contributed by atoms with Crippen molar-refractivity contribution < 1.29 is 19.4 Å². The topological polar surface area (TPSA) is 62.2 Å². The molecule has 0 bridgehead atoms. The van der Waals surface area contributed by atoms with E-state index in [4.69, 9.17) is 21.0 Å². The molecule has 102 valence electrons. The van der Waals surface area contributed by atoms with Gasteiger partial charge >= 0.3 is 6.09 Å². The summed E-state index contributed by atoms with van der Waals surface area (Å²) in [5.41, 5.74) is 0. The average molecular weight is 256 g/mol. The average Bonchev–Trinajstić information content (AvgIpc) is 2.42. The first-order valence-corrected chi connectivity index (χ1v) is 6.03. The lowest BCUT2D eigenvalue weighted by molar-refractivity contribution is 0.0392. The summed E-state index contributed by atoms with van der Waals surface area (Å²) in [6.45, 7) is 6.50. The van der Waals surface area contributed by atoms with Crippen LogP contribution in [0.25, 0.3) is 0 Å². The quantitative estimate of drug-likeness (QED) is 0.666. The minimum Gasteiger partial charge on any atom is -0.465 e. The molecule has 0 atom stereocenters. The summed E-state index contributed by atoms with van der Waals surface area (Å²) in [6.07, 6.45) is 4.28. The summed E-state index contributed by atoms with van der Waals surface area (Å²) in [5, 5.41) is 8.41. The number of terminal acetylenes is 1. The van der Waals surface area contributed by atoms with Gasteiger partial charge in [-0.15, -0.1) is 6.42 Å². The normalized spacial score (nSPS) is 20.5. The maximum absolute atomic E-state index is 10.2. The van der Waals surface area contributed by atoms with Crippen LogP contribution < -0.4 is 0 Å². The zero-order valence-corrected chi connectivity index (χ0v) is 10.5. The summed E-state index contributed by atoms with van der Waals surface area (Å²) in [4.78, 5) is 13.8. The number of nitrogens with zero attached hydrogens (tertiary/aromatic N) is 2. The van der Waals surface area contributed by atoms with Crippen molar-refractivity contribution in [2.45, 2.75) is 0 Å². The Morgan fingerprint density at radius 2 is 1.61 bits per heavy atom. The van der Waals surface area contributed by atoms with Crippen molar-refractivity contribution in [3.63, 3.8) is 0 Å². The number of carbonyl (C=O) groups is 1. The van der Waals surface area contributed by atoms with E-state index >= 15 is 0 Å². The van der Waals surface area contributed by atoms with E-state index in [0.29, 0.717) is 26.3 Å². The first kappa shape index (κ1) is 14.8. The summed E-state index contributed by atoms with van der Waals surface area (Å²) in [6, 6.07) is 0. The molecule has 0 spiro atoms. The van der Waals surface area contributed by atoms with Gasteiger partial charge in [0.1, 0.15) is 0 Å². The van der Waals surface area contributed by atoms with E-state index < -0.39 is 6.09 Å². The lowest BCUT2D eigenvalue weighted by Gasteiger charge is -2.23. The van der Waals surface area contributed by atoms with Gasteiger partial charge in [0.2, 0.25) is 0 Å². The summed E-state index contributed by atoms with van der Waals surface area (Å²) in [7, 11) is 0. The second-order valence-corrected chi connectivity index (χ2v) is 3.97. The van der Waals surface area contributed by atoms with Crippen LogP contribution in [0.2, 0.25) is 0 Å². The number of carboxylic acid groups (broad SMARTS) is 1. The second kappa shape index (κ2) is 8.75. The van der Waals surface area contributed by atoms with Crippen LogP contribution in [-0.4, -0.2) is 80.2 Å². The Labute approximate surface area is 107 Å². The number of rotatable bonds is 1. The van der Waals surface area contributed by atoms with Crippen molar-refractivity contribution in [2.24, 2.45) is 0 Å². The summed E-state index contributed by atoms with van der Waals surface area (Å²) < 4.78 is 10.1. The van der Waals surface area contributed by atoms with Crippen molar-refractivity contribution >= 4 is 6.09 Å². The molecule has 6 nitrogen and oxygen atoms in total. The molecule has 0 radical (unpaired) electrons. The van der Waals surface area contributed by atoms with Crippen LogP contribution in [-0.2, 0) is 9.47 Å². The van der Waals surface area contributed by atoms with Gasteiger partial charge in [-0.05, 0) is 0 Å². The Morgan fingerprint density at radius 3 is 2.00 bits per heavy atom. The Morgan fingerprint density at radius 1 is 1.11 bits per heavy atom. The molecule has 18 heavy (non-hydrogen) atoms. The number of amides is 1. The first-order chi connectivity index (χ1) is 8.74. The van der Waals surface area contributed by atoms with Crippen molar-refractivity contribution in [3.05, 3.63) is 0 Å². The highest BCUT2D eigenvalue weighted by molar-refractivity contribution is 5.64. The SMILES string of the molecule is C#CCN1CCOCC1.O=C(O)N1CCOCC1. The van der Waals surface area contributed by atoms with Gasteiger partial charge in [0.15, 0.2) is 0 Å². The molecule has 0 aromatic carbocycles. The molecule has 6 heteroatoms. The third-order valence-corrected chi connectivity index (χ3v) is 2.70. The molecule has 2 rings (SSSR count). The number of hydrogen-bond donors (Lipinski definition) is 1. The maximum Gasteiger partial charge on any atom is 0.407 e. The third kappa shape index (κ3) is 5.87. The number of morpholine rings is 2. The summed E-state index contributed by atoms with van der Waals surface area (Å²) in [5.74, 6) is 2.61. The fraction of sp³-hybridized carbons (Fsp3) is 0.750. The van der Waals surface area contributed by atoms with Crippen LogP contribution in [0.15, 0.2) is 0 Å². The van der Waals surface area contributed by atoms with Crippen LogP contribution >= 0.6 is 0 Å². The third-order valence-electron chi connectivity index (χ3n) is 2.70. The number of ether oxygens (including phenoxy) is 2. The van der Waals surface area contributed by atoms with Crippen molar-refractivity contribution in [1.29, 1.82) is 0 Å². The molecule has 2 aliphatic rings. The molecule has 0 aromatic heterocycles. The van der Waals surface area contributed by atoms with Gasteiger partial charge in [0, 0.05) is 26.2 Å². The van der Waals surface area contributed by atoms with Crippen LogP contribution in [0, 0.1) is 12.3 Å². The van der Waals surface area contributed by atoms with Gasteiger partial charge in [-0.3, -0.25) is 4.90 Å². The van der Waals surface area contributed by atoms with Crippen LogP contribution in [0.3, 0.4) is 0 Å². The van der Waals surface area contributed by atoms with Crippen LogP contribution in [0.1, 0.15) is 0 Å². The van der Waals surface area contributed by atoms with E-state index in [-0.39, 0.29) is 0 Å². The van der Waals surface area contributed by atoms with Gasteiger partial charge in [-0.2, -0.15) is 0 Å². The van der Waals surface area contributed by atoms with E-state index in [0.717, 1.165) is 32.8 Å². The molecule has 0 aliphatic carbocycles. The zero-order chi connectivity index (χ0) is 13.2. The molecular formula is C12H20N2O4.